The number of carboxylic acid groups (broad SMARTS) is 1. The fraction of sp³-hybridized carbons (Fsp3) is 0.312. The van der Waals surface area contributed by atoms with Crippen LogP contribution in [0.25, 0.3) is 33.4 Å². The molecule has 2 aromatic rings. The average Bonchev–Trinajstić information content (AvgIpc) is 2.98. The summed E-state index contributed by atoms with van der Waals surface area (Å²) < 4.78 is 8.31. The SMILES string of the molecule is CN(C)c1ccc2c(-c3ccc(C(=O)NCCCCCNC(=O)CON)cc3C(=O)[O-])c3ccc(=[N+](C)C)cc-3oc2c1. The van der Waals surface area contributed by atoms with Crippen LogP contribution in [0.2, 0.25) is 0 Å². The van der Waals surface area contributed by atoms with Gasteiger partial charge in [0.25, 0.3) is 5.91 Å². The monoisotopic (exact) mass is 587 g/mol. The average molecular weight is 588 g/mol. The highest BCUT2D eigenvalue weighted by Crippen LogP contribution is 2.42. The predicted molar refractivity (Wildman–Crippen MR) is 163 cm³/mol. The van der Waals surface area contributed by atoms with E-state index in [1.54, 1.807) is 12.1 Å². The maximum atomic E-state index is 12.9. The van der Waals surface area contributed by atoms with Crippen molar-refractivity contribution in [1.82, 2.24) is 15.2 Å². The normalized spacial score (nSPS) is 11.0. The van der Waals surface area contributed by atoms with Gasteiger partial charge in [-0.05, 0) is 55.2 Å². The minimum atomic E-state index is -1.39. The molecule has 0 saturated carbocycles. The van der Waals surface area contributed by atoms with Crippen LogP contribution in [0.5, 0.6) is 0 Å². The number of benzene rings is 3. The van der Waals surface area contributed by atoms with Crippen LogP contribution in [-0.2, 0) is 9.63 Å². The highest BCUT2D eigenvalue weighted by atomic mass is 16.6. The number of nitrogens with one attached hydrogen (secondary N) is 2. The van der Waals surface area contributed by atoms with Gasteiger partial charge in [-0.25, -0.2) is 10.5 Å². The molecule has 43 heavy (non-hydrogen) atoms. The topological polar surface area (TPSA) is 153 Å². The second-order valence-corrected chi connectivity index (χ2v) is 10.7. The van der Waals surface area contributed by atoms with Gasteiger partial charge >= 0.3 is 0 Å². The molecule has 4 N–H and O–H groups in total. The van der Waals surface area contributed by atoms with E-state index in [0.29, 0.717) is 42.0 Å². The van der Waals surface area contributed by atoms with Gasteiger partial charge in [0, 0.05) is 72.6 Å². The fourth-order valence-corrected chi connectivity index (χ4v) is 4.87. The first kappa shape index (κ1) is 31.2. The second-order valence-electron chi connectivity index (χ2n) is 10.7. The van der Waals surface area contributed by atoms with E-state index in [0.717, 1.165) is 34.8 Å². The molecule has 226 valence electrons. The van der Waals surface area contributed by atoms with Crippen LogP contribution in [0.15, 0.2) is 59.0 Å². The zero-order valence-electron chi connectivity index (χ0n) is 24.9. The number of nitrogens with zero attached hydrogens (tertiary/aromatic N) is 2. The number of fused-ring (bicyclic) bond motifs is 2. The lowest BCUT2D eigenvalue weighted by Gasteiger charge is -2.20. The van der Waals surface area contributed by atoms with Crippen LogP contribution in [-0.4, -0.2) is 65.7 Å². The largest absolute Gasteiger partial charge is 0.545 e. The minimum absolute atomic E-state index is 0.0907. The summed E-state index contributed by atoms with van der Waals surface area (Å²) >= 11 is 0. The quantitative estimate of drug-likeness (QED) is 0.0978. The van der Waals surface area contributed by atoms with Crippen molar-refractivity contribution in [3.8, 4) is 22.5 Å². The Bertz CT molecular complexity index is 1690. The third kappa shape index (κ3) is 7.37. The van der Waals surface area contributed by atoms with Gasteiger partial charge in [0.15, 0.2) is 0 Å². The predicted octanol–water partition coefficient (Wildman–Crippen LogP) is 1.57. The van der Waals surface area contributed by atoms with Gasteiger partial charge in [-0.2, -0.15) is 0 Å². The van der Waals surface area contributed by atoms with Crippen LogP contribution in [0.4, 0.5) is 5.69 Å². The van der Waals surface area contributed by atoms with Gasteiger partial charge in [-0.3, -0.25) is 14.4 Å². The van der Waals surface area contributed by atoms with Crippen LogP contribution in [0.1, 0.15) is 40.0 Å². The molecule has 0 fully saturated rings. The molecule has 1 heterocycles. The Morgan fingerprint density at radius 2 is 1.65 bits per heavy atom. The number of carbonyl (C=O) groups is 3. The van der Waals surface area contributed by atoms with Gasteiger partial charge in [0.1, 0.15) is 32.0 Å². The van der Waals surface area contributed by atoms with Crippen LogP contribution in [0, 0.1) is 0 Å². The molecule has 0 spiro atoms. The molecule has 11 nitrogen and oxygen atoms in total. The maximum absolute atomic E-state index is 12.9. The first-order valence-corrected chi connectivity index (χ1v) is 14.0. The van der Waals surface area contributed by atoms with E-state index in [1.165, 1.54) is 6.07 Å². The van der Waals surface area contributed by atoms with E-state index < -0.39 is 5.97 Å². The highest BCUT2D eigenvalue weighted by molar-refractivity contribution is 6.09. The van der Waals surface area contributed by atoms with E-state index in [2.05, 4.69) is 15.5 Å². The van der Waals surface area contributed by atoms with Gasteiger partial charge in [0.05, 0.1) is 12.0 Å². The Kier molecular flexibility index (Phi) is 10.1. The van der Waals surface area contributed by atoms with Crippen LogP contribution >= 0.6 is 0 Å². The number of carboxylic acids is 1. The van der Waals surface area contributed by atoms with Crippen molar-refractivity contribution < 1.29 is 28.7 Å². The lowest BCUT2D eigenvalue weighted by atomic mass is 9.89. The number of hydrogen-bond acceptors (Lipinski definition) is 8. The lowest BCUT2D eigenvalue weighted by Crippen LogP contribution is -2.29. The first-order valence-electron chi connectivity index (χ1n) is 14.0. The Labute approximate surface area is 249 Å². The molecule has 11 heteroatoms. The molecule has 0 aromatic heterocycles. The van der Waals surface area contributed by atoms with Crippen LogP contribution < -0.4 is 36.5 Å². The minimum Gasteiger partial charge on any atom is -0.545 e. The molecule has 1 aliphatic carbocycles. The molecule has 0 atom stereocenters. The molecule has 1 aliphatic heterocycles. The second kappa shape index (κ2) is 14.0. The lowest BCUT2D eigenvalue weighted by molar-refractivity contribution is -0.254. The molecule has 0 radical (unpaired) electrons. The molecular weight excluding hydrogens is 550 g/mol. The van der Waals surface area contributed by atoms with Gasteiger partial charge in [0.2, 0.25) is 11.3 Å². The summed E-state index contributed by atoms with van der Waals surface area (Å²) in [6.45, 7) is 0.693. The summed E-state index contributed by atoms with van der Waals surface area (Å²) in [5.74, 6) is 3.41. The number of amides is 2. The van der Waals surface area contributed by atoms with Crippen molar-refractivity contribution in [1.29, 1.82) is 0 Å². The number of anilines is 1. The zero-order valence-corrected chi connectivity index (χ0v) is 24.9. The standard InChI is InChI=1S/C32H37N5O6/c1-36(2)21-9-12-24-27(17-21)43-28-18-22(37(3)4)10-13-25(28)30(24)23-11-8-20(16-26(23)32(40)41)31(39)35-15-7-5-6-14-34-29(38)19-42-33/h8-13,16-18H,5-7,14-15,19,33H2,1-4H3,(H2-,34,35,38,39,40,41). The van der Waals surface area contributed by atoms with Gasteiger partial charge < -0.3 is 29.9 Å². The number of nitrogens with two attached hydrogens (primary N) is 1. The Morgan fingerprint density at radius 3 is 2.33 bits per heavy atom. The summed E-state index contributed by atoms with van der Waals surface area (Å²) in [6, 6.07) is 16.2. The van der Waals surface area contributed by atoms with Gasteiger partial charge in [-0.15, -0.1) is 0 Å². The Morgan fingerprint density at radius 1 is 0.930 bits per heavy atom. The number of unbranched alkanes of at least 4 members (excludes halogenated alkanes) is 2. The van der Waals surface area contributed by atoms with E-state index in [-0.39, 0.29) is 29.5 Å². The van der Waals surface area contributed by atoms with Crippen molar-refractivity contribution in [2.45, 2.75) is 19.3 Å². The molecule has 0 bridgehead atoms. The summed E-state index contributed by atoms with van der Waals surface area (Å²) in [7, 11) is 7.74. The smallest absolute Gasteiger partial charge is 0.251 e. The van der Waals surface area contributed by atoms with Crippen molar-refractivity contribution in [2.24, 2.45) is 5.90 Å². The first-order chi connectivity index (χ1) is 20.6. The summed E-state index contributed by atoms with van der Waals surface area (Å²) in [4.78, 5) is 43.0. The zero-order chi connectivity index (χ0) is 31.1. The molecule has 2 aliphatic rings. The Balaban J connectivity index is 1.64. The van der Waals surface area contributed by atoms with Crippen molar-refractivity contribution in [2.75, 3.05) is 52.8 Å². The van der Waals surface area contributed by atoms with Crippen molar-refractivity contribution in [3.63, 3.8) is 0 Å². The molecule has 0 unspecified atom stereocenters. The summed E-state index contributed by atoms with van der Waals surface area (Å²) in [5, 5.41) is 19.6. The molecule has 2 aromatic carbocycles. The third-order valence-corrected chi connectivity index (χ3v) is 7.17. The van der Waals surface area contributed by atoms with E-state index in [9.17, 15) is 19.5 Å². The number of hydrogen-bond donors (Lipinski definition) is 3. The molecule has 4 rings (SSSR count). The molecule has 0 saturated heterocycles. The number of aromatic carboxylic acids is 1. The summed E-state index contributed by atoms with van der Waals surface area (Å²) in [5.41, 5.74) is 3.51. The Hall–Kier alpha value is -4.74. The van der Waals surface area contributed by atoms with Crippen molar-refractivity contribution in [3.05, 3.63) is 71.1 Å². The van der Waals surface area contributed by atoms with Crippen LogP contribution in [0.3, 0.4) is 0 Å². The fourth-order valence-electron chi connectivity index (χ4n) is 4.87. The highest BCUT2D eigenvalue weighted by Gasteiger charge is 2.22. The number of carbonyl (C=O) groups excluding carboxylic acids is 3. The van der Waals surface area contributed by atoms with Crippen molar-refractivity contribution >= 4 is 34.4 Å². The number of rotatable bonds is 12. The van der Waals surface area contributed by atoms with E-state index in [4.69, 9.17) is 10.3 Å². The molecular formula is C32H37N5O6. The van der Waals surface area contributed by atoms with E-state index in [1.807, 2.05) is 74.1 Å². The summed E-state index contributed by atoms with van der Waals surface area (Å²) in [6.07, 6.45) is 2.19. The maximum Gasteiger partial charge on any atom is 0.251 e. The molecule has 2 amide bonds. The van der Waals surface area contributed by atoms with Gasteiger partial charge in [-0.1, -0.05) is 6.07 Å². The third-order valence-electron chi connectivity index (χ3n) is 7.17. The van der Waals surface area contributed by atoms with E-state index >= 15 is 0 Å².